The van der Waals surface area contributed by atoms with Crippen LogP contribution in [0.1, 0.15) is 17.7 Å². The predicted octanol–water partition coefficient (Wildman–Crippen LogP) is 3.81. The van der Waals surface area contributed by atoms with Crippen molar-refractivity contribution in [1.82, 2.24) is 5.16 Å². The number of aryl methyl sites for hydroxylation is 2. The Morgan fingerprint density at radius 3 is 2.86 bits per heavy atom. The molecule has 1 heterocycles. The molecular weight excluding hydrogens is 318 g/mol. The molecule has 0 fully saturated rings. The number of hydrogen-bond donors (Lipinski definition) is 1. The number of nitrogens with one attached hydrogen (secondary N) is 1. The van der Waals surface area contributed by atoms with Gasteiger partial charge in [-0.25, -0.2) is 0 Å². The SMILES string of the molecule is Cc1onc(OC(F)F)c1NC(=O)CCc1ccccc1Cl. The lowest BCUT2D eigenvalue weighted by Crippen LogP contribution is -2.14. The first-order chi connectivity index (χ1) is 10.5. The highest BCUT2D eigenvalue weighted by Crippen LogP contribution is 2.28. The number of benzene rings is 1. The van der Waals surface area contributed by atoms with Gasteiger partial charge in [0, 0.05) is 11.4 Å². The number of ether oxygens (including phenoxy) is 1. The largest absolute Gasteiger partial charge is 0.412 e. The first-order valence-corrected chi connectivity index (χ1v) is 6.79. The van der Waals surface area contributed by atoms with E-state index in [-0.39, 0.29) is 23.8 Å². The van der Waals surface area contributed by atoms with Crippen LogP contribution in [0.5, 0.6) is 5.88 Å². The minimum atomic E-state index is -3.05. The molecule has 0 aliphatic heterocycles. The lowest BCUT2D eigenvalue weighted by atomic mass is 10.1. The van der Waals surface area contributed by atoms with E-state index in [1.807, 2.05) is 12.1 Å². The van der Waals surface area contributed by atoms with Crippen LogP contribution in [0, 0.1) is 6.92 Å². The highest BCUT2D eigenvalue weighted by molar-refractivity contribution is 6.31. The molecule has 0 saturated heterocycles. The molecule has 0 saturated carbocycles. The molecule has 8 heteroatoms. The smallest absolute Gasteiger partial charge is 0.388 e. The summed E-state index contributed by atoms with van der Waals surface area (Å²) in [6, 6.07) is 7.15. The molecule has 0 radical (unpaired) electrons. The average Bonchev–Trinajstić information content (AvgIpc) is 2.79. The molecule has 0 aliphatic carbocycles. The van der Waals surface area contributed by atoms with Gasteiger partial charge in [0.15, 0.2) is 5.76 Å². The number of alkyl halides is 2. The first kappa shape index (κ1) is 16.2. The molecule has 0 spiro atoms. The second-order valence-electron chi connectivity index (χ2n) is 4.44. The highest BCUT2D eigenvalue weighted by atomic mass is 35.5. The van der Waals surface area contributed by atoms with Crippen LogP contribution in [0.25, 0.3) is 0 Å². The lowest BCUT2D eigenvalue weighted by Gasteiger charge is -2.07. The molecule has 0 bridgehead atoms. The number of carbonyl (C=O) groups excluding carboxylic acids is 1. The van der Waals surface area contributed by atoms with Crippen molar-refractivity contribution < 1.29 is 22.8 Å². The highest BCUT2D eigenvalue weighted by Gasteiger charge is 2.20. The summed E-state index contributed by atoms with van der Waals surface area (Å²) in [6.45, 7) is -1.57. The molecule has 2 aromatic rings. The van der Waals surface area contributed by atoms with Gasteiger partial charge in [-0.3, -0.25) is 4.79 Å². The van der Waals surface area contributed by atoms with E-state index < -0.39 is 12.5 Å². The third-order valence-corrected chi connectivity index (χ3v) is 3.24. The topological polar surface area (TPSA) is 64.4 Å². The summed E-state index contributed by atoms with van der Waals surface area (Å²) >= 11 is 6.00. The van der Waals surface area contributed by atoms with Crippen LogP contribution in [0.2, 0.25) is 5.02 Å². The molecule has 118 valence electrons. The summed E-state index contributed by atoms with van der Waals surface area (Å²) < 4.78 is 33.4. The van der Waals surface area contributed by atoms with Crippen LogP contribution < -0.4 is 10.1 Å². The fourth-order valence-corrected chi connectivity index (χ4v) is 2.04. The maximum absolute atomic E-state index is 12.2. The normalized spacial score (nSPS) is 10.8. The van der Waals surface area contributed by atoms with Crippen LogP contribution in [-0.4, -0.2) is 17.7 Å². The van der Waals surface area contributed by atoms with Crippen molar-refractivity contribution in [3.8, 4) is 5.88 Å². The Labute approximate surface area is 130 Å². The number of carbonyl (C=O) groups is 1. The van der Waals surface area contributed by atoms with Crippen molar-refractivity contribution in [2.75, 3.05) is 5.32 Å². The van der Waals surface area contributed by atoms with Crippen LogP contribution in [0.15, 0.2) is 28.8 Å². The number of nitrogens with zero attached hydrogens (tertiary/aromatic N) is 1. The van der Waals surface area contributed by atoms with Gasteiger partial charge in [0.2, 0.25) is 5.91 Å². The predicted molar refractivity (Wildman–Crippen MR) is 76.3 cm³/mol. The van der Waals surface area contributed by atoms with Gasteiger partial charge in [-0.2, -0.15) is 8.78 Å². The molecule has 1 amide bonds. The van der Waals surface area contributed by atoms with Crippen LogP contribution in [0.4, 0.5) is 14.5 Å². The van der Waals surface area contributed by atoms with Crippen molar-refractivity contribution in [2.24, 2.45) is 0 Å². The van der Waals surface area contributed by atoms with Crippen molar-refractivity contribution >= 4 is 23.2 Å². The summed E-state index contributed by atoms with van der Waals surface area (Å²) in [5.41, 5.74) is 0.829. The van der Waals surface area contributed by atoms with Crippen LogP contribution >= 0.6 is 11.6 Å². The minimum Gasteiger partial charge on any atom is -0.412 e. The fraction of sp³-hybridized carbons (Fsp3) is 0.286. The van der Waals surface area contributed by atoms with Gasteiger partial charge in [0.25, 0.3) is 5.88 Å². The summed E-state index contributed by atoms with van der Waals surface area (Å²) in [7, 11) is 0. The maximum atomic E-state index is 12.2. The zero-order valence-corrected chi connectivity index (χ0v) is 12.4. The van der Waals surface area contributed by atoms with E-state index >= 15 is 0 Å². The summed E-state index contributed by atoms with van der Waals surface area (Å²) in [5, 5.41) is 6.35. The number of halogens is 3. The minimum absolute atomic E-state index is 0.00413. The lowest BCUT2D eigenvalue weighted by molar-refractivity contribution is -0.116. The Kier molecular flexibility index (Phi) is 5.32. The average molecular weight is 331 g/mol. The van der Waals surface area contributed by atoms with Crippen LogP contribution in [0.3, 0.4) is 0 Å². The van der Waals surface area contributed by atoms with E-state index in [1.165, 1.54) is 6.92 Å². The molecule has 0 atom stereocenters. The van der Waals surface area contributed by atoms with E-state index in [4.69, 9.17) is 16.1 Å². The van der Waals surface area contributed by atoms with Gasteiger partial charge in [-0.05, 0) is 30.1 Å². The van der Waals surface area contributed by atoms with Gasteiger partial charge >= 0.3 is 6.61 Å². The number of amides is 1. The Balaban J connectivity index is 1.98. The van der Waals surface area contributed by atoms with E-state index in [9.17, 15) is 13.6 Å². The third-order valence-electron chi connectivity index (χ3n) is 2.88. The van der Waals surface area contributed by atoms with Gasteiger partial charge in [0.05, 0.1) is 0 Å². The Hall–Kier alpha value is -2.15. The second kappa shape index (κ2) is 7.22. The molecule has 1 N–H and O–H groups in total. The molecule has 22 heavy (non-hydrogen) atoms. The van der Waals surface area contributed by atoms with E-state index in [1.54, 1.807) is 12.1 Å². The summed E-state index contributed by atoms with van der Waals surface area (Å²) in [5.74, 6) is -0.648. The number of hydrogen-bond acceptors (Lipinski definition) is 4. The Morgan fingerprint density at radius 2 is 2.18 bits per heavy atom. The van der Waals surface area contributed by atoms with Crippen molar-refractivity contribution in [3.05, 3.63) is 40.6 Å². The van der Waals surface area contributed by atoms with Gasteiger partial charge in [0.1, 0.15) is 5.69 Å². The fourth-order valence-electron chi connectivity index (χ4n) is 1.81. The third kappa shape index (κ3) is 4.17. The molecule has 0 aliphatic rings. The second-order valence-corrected chi connectivity index (χ2v) is 4.84. The number of rotatable bonds is 6. The summed E-state index contributed by atoms with van der Waals surface area (Å²) in [6.07, 6.45) is 0.545. The molecule has 1 aromatic heterocycles. The van der Waals surface area contributed by atoms with E-state index in [2.05, 4.69) is 15.2 Å². The molecule has 0 unspecified atom stereocenters. The van der Waals surface area contributed by atoms with Gasteiger partial charge < -0.3 is 14.6 Å². The standard InChI is InChI=1S/C14H13ClF2N2O3/c1-8-12(13(19-22-8)21-14(16)17)18-11(20)7-6-9-4-2-3-5-10(9)15/h2-5,14H,6-7H2,1H3,(H,18,20). The van der Waals surface area contributed by atoms with Gasteiger partial charge in [-0.1, -0.05) is 29.8 Å². The van der Waals surface area contributed by atoms with Crippen LogP contribution in [-0.2, 0) is 11.2 Å². The monoisotopic (exact) mass is 330 g/mol. The molecular formula is C14H13ClF2N2O3. The van der Waals surface area contributed by atoms with Crippen molar-refractivity contribution in [3.63, 3.8) is 0 Å². The number of anilines is 1. The first-order valence-electron chi connectivity index (χ1n) is 6.41. The van der Waals surface area contributed by atoms with E-state index in [0.29, 0.717) is 11.4 Å². The zero-order valence-electron chi connectivity index (χ0n) is 11.6. The van der Waals surface area contributed by atoms with Gasteiger partial charge in [-0.15, -0.1) is 0 Å². The molecule has 1 aromatic carbocycles. The van der Waals surface area contributed by atoms with E-state index in [0.717, 1.165) is 5.56 Å². The molecule has 5 nitrogen and oxygen atoms in total. The Morgan fingerprint density at radius 1 is 1.45 bits per heavy atom. The summed E-state index contributed by atoms with van der Waals surface area (Å²) in [4.78, 5) is 11.9. The zero-order chi connectivity index (χ0) is 16.1. The maximum Gasteiger partial charge on any atom is 0.388 e. The number of aromatic nitrogens is 1. The quantitative estimate of drug-likeness (QED) is 0.874. The van der Waals surface area contributed by atoms with Crippen molar-refractivity contribution in [2.45, 2.75) is 26.4 Å². The van der Waals surface area contributed by atoms with Crippen molar-refractivity contribution in [1.29, 1.82) is 0 Å². The molecule has 2 rings (SSSR count). The Bertz CT molecular complexity index is 661.